The summed E-state index contributed by atoms with van der Waals surface area (Å²) >= 11 is 0. The summed E-state index contributed by atoms with van der Waals surface area (Å²) in [5.74, 6) is 0. The van der Waals surface area contributed by atoms with Crippen molar-refractivity contribution in [1.29, 1.82) is 0 Å². The predicted molar refractivity (Wildman–Crippen MR) is 65.1 cm³/mol. The molecule has 0 amide bonds. The lowest BCUT2D eigenvalue weighted by Gasteiger charge is -2.07. The van der Waals surface area contributed by atoms with E-state index in [1.807, 2.05) is 13.8 Å². The Morgan fingerprint density at radius 3 is 2.69 bits per heavy atom. The van der Waals surface area contributed by atoms with Crippen molar-refractivity contribution in [3.05, 3.63) is 23.4 Å². The Morgan fingerprint density at radius 2 is 2.12 bits per heavy atom. The van der Waals surface area contributed by atoms with E-state index in [4.69, 9.17) is 11.6 Å². The zero-order valence-electron chi connectivity index (χ0n) is 11.0. The summed E-state index contributed by atoms with van der Waals surface area (Å²) in [5, 5.41) is 14.2. The molecule has 88 valence electrons. The van der Waals surface area contributed by atoms with Gasteiger partial charge in [-0.25, -0.2) is 0 Å². The second-order valence-corrected chi connectivity index (χ2v) is 3.26. The maximum atomic E-state index is 9.68. The Balaban J connectivity index is 0.000000686. The highest BCUT2D eigenvalue weighted by molar-refractivity contribution is 5.86. The summed E-state index contributed by atoms with van der Waals surface area (Å²) in [6, 6.07) is 3.41. The molecule has 0 aliphatic rings. The average Bonchev–Trinajstić information content (AvgIpc) is 2.61. The molecule has 1 unspecified atom stereocenters. The van der Waals surface area contributed by atoms with Gasteiger partial charge in [-0.05, 0) is 26.0 Å². The minimum absolute atomic E-state index is 0.264. The normalized spacial score (nSPS) is 14.9. The highest BCUT2D eigenvalue weighted by Gasteiger charge is 2.15. The van der Waals surface area contributed by atoms with Crippen LogP contribution in [0.2, 0.25) is 0 Å². The van der Waals surface area contributed by atoms with E-state index in [1.54, 1.807) is 19.1 Å². The van der Waals surface area contributed by atoms with Gasteiger partial charge in [-0.1, -0.05) is 19.0 Å². The van der Waals surface area contributed by atoms with Crippen LogP contribution in [0.25, 0.3) is 11.0 Å². The number of hydrogen-bond donors (Lipinski definition) is 2. The summed E-state index contributed by atoms with van der Waals surface area (Å²) in [4.78, 5) is 0. The SMILES string of the molecule is CC.[2H]C(C)(O)c1c(N)ccc2c(C)noc12. The first-order valence-corrected chi connectivity index (χ1v) is 5.28. The number of nitrogen functional groups attached to an aromatic ring is 1. The van der Waals surface area contributed by atoms with Crippen LogP contribution in [0.5, 0.6) is 0 Å². The van der Waals surface area contributed by atoms with Crippen molar-refractivity contribution in [3.8, 4) is 0 Å². The molecule has 3 N–H and O–H groups in total. The van der Waals surface area contributed by atoms with Crippen molar-refractivity contribution in [3.63, 3.8) is 0 Å². The van der Waals surface area contributed by atoms with E-state index in [0.717, 1.165) is 11.1 Å². The molecule has 0 aliphatic heterocycles. The molecule has 4 nitrogen and oxygen atoms in total. The lowest BCUT2D eigenvalue weighted by Crippen LogP contribution is -1.98. The van der Waals surface area contributed by atoms with Gasteiger partial charge in [-0.3, -0.25) is 0 Å². The topological polar surface area (TPSA) is 72.3 Å². The van der Waals surface area contributed by atoms with Gasteiger partial charge in [0.05, 0.1) is 13.1 Å². The van der Waals surface area contributed by atoms with Gasteiger partial charge in [0, 0.05) is 16.6 Å². The van der Waals surface area contributed by atoms with Crippen LogP contribution in [0.3, 0.4) is 0 Å². The second kappa shape index (κ2) is 4.99. The zero-order valence-corrected chi connectivity index (χ0v) is 10.0. The van der Waals surface area contributed by atoms with Crippen molar-refractivity contribution < 1.29 is 11.0 Å². The Labute approximate surface area is 96.4 Å². The lowest BCUT2D eigenvalue weighted by molar-refractivity contribution is 0.199. The van der Waals surface area contributed by atoms with E-state index in [0.29, 0.717) is 11.3 Å². The first-order chi connectivity index (χ1) is 7.91. The monoisotopic (exact) mass is 223 g/mol. The molecule has 0 bridgehead atoms. The highest BCUT2D eigenvalue weighted by Crippen LogP contribution is 2.30. The molecule has 1 atom stereocenters. The fourth-order valence-electron chi connectivity index (χ4n) is 1.51. The largest absolute Gasteiger partial charge is 0.398 e. The number of fused-ring (bicyclic) bond motifs is 1. The summed E-state index contributed by atoms with van der Waals surface area (Å²) in [6.45, 7) is 7.14. The predicted octanol–water partition coefficient (Wildman–Crippen LogP) is 2.80. The Bertz CT molecular complexity index is 515. The van der Waals surface area contributed by atoms with Crippen molar-refractivity contribution in [1.82, 2.24) is 5.16 Å². The van der Waals surface area contributed by atoms with Crippen LogP contribution in [0, 0.1) is 6.92 Å². The van der Waals surface area contributed by atoms with Crippen LogP contribution in [0.4, 0.5) is 5.69 Å². The number of anilines is 1. The number of nitrogens with two attached hydrogens (primary N) is 1. The highest BCUT2D eigenvalue weighted by atomic mass is 16.5. The van der Waals surface area contributed by atoms with Crippen molar-refractivity contribution in [2.75, 3.05) is 5.73 Å². The maximum Gasteiger partial charge on any atom is 0.174 e. The van der Waals surface area contributed by atoms with Gasteiger partial charge in [0.15, 0.2) is 5.58 Å². The van der Waals surface area contributed by atoms with Crippen molar-refractivity contribution in [2.45, 2.75) is 33.8 Å². The third-order valence-electron chi connectivity index (χ3n) is 2.22. The third kappa shape index (κ3) is 2.02. The molecule has 1 aromatic heterocycles. The maximum absolute atomic E-state index is 9.68. The van der Waals surface area contributed by atoms with Crippen LogP contribution >= 0.6 is 0 Å². The van der Waals surface area contributed by atoms with Crippen LogP contribution in [-0.4, -0.2) is 10.3 Å². The molecule has 2 rings (SSSR count). The number of aryl methyl sites for hydroxylation is 1. The Hall–Kier alpha value is -1.55. The number of benzene rings is 1. The van der Waals surface area contributed by atoms with Gasteiger partial charge in [0.2, 0.25) is 0 Å². The van der Waals surface area contributed by atoms with Gasteiger partial charge in [-0.15, -0.1) is 0 Å². The number of rotatable bonds is 1. The van der Waals surface area contributed by atoms with Crippen LogP contribution in [-0.2, 0) is 0 Å². The van der Waals surface area contributed by atoms with Crippen LogP contribution < -0.4 is 5.73 Å². The van der Waals surface area contributed by atoms with Gasteiger partial charge < -0.3 is 15.4 Å². The molecule has 0 saturated heterocycles. The van der Waals surface area contributed by atoms with E-state index in [1.165, 1.54) is 6.92 Å². The molecule has 0 fully saturated rings. The summed E-state index contributed by atoms with van der Waals surface area (Å²) in [7, 11) is 0. The second-order valence-electron chi connectivity index (χ2n) is 3.26. The fraction of sp³-hybridized carbons (Fsp3) is 0.417. The molecule has 0 saturated carbocycles. The quantitative estimate of drug-likeness (QED) is 0.729. The summed E-state index contributed by atoms with van der Waals surface area (Å²) < 4.78 is 12.7. The minimum Gasteiger partial charge on any atom is -0.398 e. The van der Waals surface area contributed by atoms with E-state index in [-0.39, 0.29) is 5.56 Å². The summed E-state index contributed by atoms with van der Waals surface area (Å²) in [6.07, 6.45) is -1.78. The Morgan fingerprint density at radius 1 is 1.50 bits per heavy atom. The van der Waals surface area contributed by atoms with Gasteiger partial charge in [-0.2, -0.15) is 0 Å². The van der Waals surface area contributed by atoms with E-state index >= 15 is 0 Å². The number of aliphatic hydroxyl groups is 1. The average molecular weight is 223 g/mol. The molecular weight excluding hydrogens is 204 g/mol. The van der Waals surface area contributed by atoms with E-state index in [9.17, 15) is 5.11 Å². The fourth-order valence-corrected chi connectivity index (χ4v) is 1.51. The molecule has 0 spiro atoms. The molecule has 16 heavy (non-hydrogen) atoms. The summed E-state index contributed by atoms with van der Waals surface area (Å²) in [5.41, 5.74) is 7.41. The number of nitrogens with zero attached hydrogens (tertiary/aromatic N) is 1. The van der Waals surface area contributed by atoms with Crippen molar-refractivity contribution in [2.24, 2.45) is 0 Å². The lowest BCUT2D eigenvalue weighted by atomic mass is 10.0. The molecule has 0 radical (unpaired) electrons. The zero-order chi connectivity index (χ0) is 13.2. The van der Waals surface area contributed by atoms with E-state index < -0.39 is 6.08 Å². The van der Waals surface area contributed by atoms with Crippen LogP contribution in [0.15, 0.2) is 16.7 Å². The first-order valence-electron chi connectivity index (χ1n) is 5.78. The number of aromatic nitrogens is 1. The first kappa shape index (κ1) is 11.0. The molecule has 1 heterocycles. The van der Waals surface area contributed by atoms with Crippen LogP contribution in [0.1, 0.15) is 39.5 Å². The number of hydrogen-bond acceptors (Lipinski definition) is 4. The van der Waals surface area contributed by atoms with Gasteiger partial charge in [0.25, 0.3) is 0 Å². The smallest absolute Gasteiger partial charge is 0.174 e. The van der Waals surface area contributed by atoms with E-state index in [2.05, 4.69) is 5.16 Å². The van der Waals surface area contributed by atoms with Gasteiger partial charge in [0.1, 0.15) is 0 Å². The van der Waals surface area contributed by atoms with Crippen molar-refractivity contribution >= 4 is 16.7 Å². The van der Waals surface area contributed by atoms with Gasteiger partial charge >= 0.3 is 0 Å². The third-order valence-corrected chi connectivity index (χ3v) is 2.22. The molecule has 0 aliphatic carbocycles. The minimum atomic E-state index is -1.78. The standard InChI is InChI=1S/C10H12N2O2.C2H6/c1-5-7-3-4-8(11)9(6(2)13)10(7)14-12-5;1-2/h3-4,6,13H,11H2,1-2H3;1-2H3/i6D;. The molecule has 2 aromatic rings. The Kier molecular flexibility index (Phi) is 3.41. The molecular formula is C12H18N2O2. The molecule has 4 heteroatoms. The molecule has 1 aromatic carbocycles.